The molecular weight excluding hydrogens is 502 g/mol. The summed E-state index contributed by atoms with van der Waals surface area (Å²) >= 11 is 1.35. The van der Waals surface area contributed by atoms with Crippen LogP contribution in [0, 0.1) is 0 Å². The van der Waals surface area contributed by atoms with Gasteiger partial charge < -0.3 is 42.7 Å². The molecule has 0 spiro atoms. The highest BCUT2D eigenvalue weighted by Crippen LogP contribution is 2.06. The van der Waals surface area contributed by atoms with Crippen molar-refractivity contribution in [3.05, 3.63) is 0 Å². The van der Waals surface area contributed by atoms with Gasteiger partial charge in [-0.1, -0.05) is 0 Å². The van der Waals surface area contributed by atoms with Crippen molar-refractivity contribution >= 4 is 53.3 Å². The molecule has 0 aromatic heterocycles. The summed E-state index contributed by atoms with van der Waals surface area (Å²) in [6.45, 7) is 0. The average molecular weight is 536 g/mol. The smallest absolute Gasteiger partial charge is 0.326 e. The normalized spacial score (nSPS) is 13.9. The minimum absolute atomic E-state index is 0.0767. The molecule has 0 saturated heterocycles. The first-order chi connectivity index (χ1) is 16.8. The second kappa shape index (κ2) is 17.1. The summed E-state index contributed by atoms with van der Waals surface area (Å²) in [7, 11) is 0. The maximum absolute atomic E-state index is 12.9. The fourth-order valence-electron chi connectivity index (χ4n) is 2.82. The first-order valence-corrected chi connectivity index (χ1v) is 12.3. The van der Waals surface area contributed by atoms with Gasteiger partial charge in [-0.2, -0.15) is 11.8 Å². The van der Waals surface area contributed by atoms with Crippen molar-refractivity contribution in [2.24, 2.45) is 11.5 Å². The van der Waals surface area contributed by atoms with E-state index >= 15 is 0 Å². The first-order valence-electron chi connectivity index (χ1n) is 10.9. The molecule has 0 rings (SSSR count). The standard InChI is InChI=1S/C20H33N5O10S/c1-36-9-8-13(20(34)35)25-19(33)12(4-7-16(29)30)24-18(32)11(3-5-14(22)26)23-17(31)10(21)2-6-15(27)28/h10-13H,2-9,21H2,1H3,(H2,22,26)(H,23,31)(H,24,32)(H,25,33)(H,27,28)(H,29,30)(H,34,35). The van der Waals surface area contributed by atoms with Crippen molar-refractivity contribution in [1.29, 1.82) is 0 Å². The third-order valence-electron chi connectivity index (χ3n) is 4.82. The highest BCUT2D eigenvalue weighted by Gasteiger charge is 2.30. The topological polar surface area (TPSA) is 268 Å². The molecule has 4 unspecified atom stereocenters. The molecule has 15 nitrogen and oxygen atoms in total. The Morgan fingerprint density at radius 2 is 1.14 bits per heavy atom. The van der Waals surface area contributed by atoms with E-state index < -0.39 is 85.0 Å². The number of rotatable bonds is 19. The molecule has 0 heterocycles. The van der Waals surface area contributed by atoms with Gasteiger partial charge in [-0.25, -0.2) is 4.79 Å². The maximum atomic E-state index is 12.9. The Morgan fingerprint density at radius 3 is 1.58 bits per heavy atom. The number of carbonyl (C=O) groups is 7. The number of hydrogen-bond acceptors (Lipinski definition) is 9. The SMILES string of the molecule is CSCCC(NC(=O)C(CCC(=O)O)NC(=O)C(CCC(N)=O)NC(=O)C(N)CCC(=O)O)C(=O)O. The van der Waals surface area contributed by atoms with Gasteiger partial charge in [0.1, 0.15) is 18.1 Å². The fourth-order valence-corrected chi connectivity index (χ4v) is 3.29. The van der Waals surface area contributed by atoms with Crippen LogP contribution in [0.15, 0.2) is 0 Å². The highest BCUT2D eigenvalue weighted by atomic mass is 32.2. The van der Waals surface area contributed by atoms with E-state index in [2.05, 4.69) is 16.0 Å². The van der Waals surface area contributed by atoms with E-state index in [1.54, 1.807) is 6.26 Å². The quantitative estimate of drug-likeness (QED) is 0.0860. The first kappa shape index (κ1) is 32.6. The largest absolute Gasteiger partial charge is 0.481 e. The lowest BCUT2D eigenvalue weighted by molar-refractivity contribution is -0.143. The van der Waals surface area contributed by atoms with E-state index in [4.69, 9.17) is 21.7 Å². The number of nitrogens with one attached hydrogen (secondary N) is 3. The van der Waals surface area contributed by atoms with Crippen LogP contribution in [-0.4, -0.2) is 93.0 Å². The van der Waals surface area contributed by atoms with Crippen LogP contribution in [-0.2, 0) is 33.6 Å². The minimum Gasteiger partial charge on any atom is -0.481 e. The summed E-state index contributed by atoms with van der Waals surface area (Å²) in [4.78, 5) is 82.3. The predicted molar refractivity (Wildman–Crippen MR) is 127 cm³/mol. The van der Waals surface area contributed by atoms with Gasteiger partial charge in [-0.05, 0) is 37.7 Å². The second-order valence-corrected chi connectivity index (χ2v) is 8.77. The van der Waals surface area contributed by atoms with Gasteiger partial charge >= 0.3 is 17.9 Å². The van der Waals surface area contributed by atoms with Crippen molar-refractivity contribution in [3.8, 4) is 0 Å². The van der Waals surface area contributed by atoms with Crippen LogP contribution in [0.25, 0.3) is 0 Å². The molecule has 10 N–H and O–H groups in total. The Morgan fingerprint density at radius 1 is 0.694 bits per heavy atom. The third kappa shape index (κ3) is 14.1. The second-order valence-electron chi connectivity index (χ2n) is 7.78. The lowest BCUT2D eigenvalue weighted by Crippen LogP contribution is -2.57. The summed E-state index contributed by atoms with van der Waals surface area (Å²) in [6.07, 6.45) is -0.400. The molecule has 36 heavy (non-hydrogen) atoms. The fraction of sp³-hybridized carbons (Fsp3) is 0.650. The summed E-state index contributed by atoms with van der Waals surface area (Å²) in [6, 6.07) is -5.47. The minimum atomic E-state index is -1.47. The van der Waals surface area contributed by atoms with Crippen LogP contribution < -0.4 is 27.4 Å². The highest BCUT2D eigenvalue weighted by molar-refractivity contribution is 7.98. The lowest BCUT2D eigenvalue weighted by atomic mass is 10.1. The Kier molecular flexibility index (Phi) is 15.5. The van der Waals surface area contributed by atoms with Crippen molar-refractivity contribution in [2.75, 3.05) is 12.0 Å². The number of carboxylic acids is 3. The van der Waals surface area contributed by atoms with E-state index in [1.807, 2.05) is 0 Å². The predicted octanol–water partition coefficient (Wildman–Crippen LogP) is -2.40. The molecule has 0 aliphatic rings. The Labute approximate surface area is 211 Å². The van der Waals surface area contributed by atoms with E-state index in [0.29, 0.717) is 5.75 Å². The average Bonchev–Trinajstić information content (AvgIpc) is 2.79. The van der Waals surface area contributed by atoms with Crippen LogP contribution in [0.3, 0.4) is 0 Å². The van der Waals surface area contributed by atoms with Gasteiger partial charge in [-0.3, -0.25) is 28.8 Å². The number of primary amides is 1. The van der Waals surface area contributed by atoms with Crippen LogP contribution in [0.4, 0.5) is 0 Å². The molecule has 0 bridgehead atoms. The summed E-state index contributed by atoms with van der Waals surface area (Å²) in [5.41, 5.74) is 10.7. The number of carboxylic acid groups (broad SMARTS) is 3. The Hall–Kier alpha value is -3.40. The summed E-state index contributed by atoms with van der Waals surface area (Å²) < 4.78 is 0. The zero-order valence-electron chi connectivity index (χ0n) is 19.7. The summed E-state index contributed by atoms with van der Waals surface area (Å²) in [5.74, 6) is -6.98. The third-order valence-corrected chi connectivity index (χ3v) is 5.47. The molecule has 0 fully saturated rings. The van der Waals surface area contributed by atoms with Gasteiger partial charge in [0.25, 0.3) is 0 Å². The van der Waals surface area contributed by atoms with Crippen molar-refractivity contribution in [1.82, 2.24) is 16.0 Å². The molecule has 0 aromatic rings. The van der Waals surface area contributed by atoms with Gasteiger partial charge in [0, 0.05) is 19.3 Å². The van der Waals surface area contributed by atoms with E-state index in [0.717, 1.165) is 0 Å². The molecule has 4 amide bonds. The van der Waals surface area contributed by atoms with E-state index in [9.17, 15) is 38.7 Å². The monoisotopic (exact) mass is 535 g/mol. The zero-order chi connectivity index (χ0) is 27.8. The molecule has 0 radical (unpaired) electrons. The van der Waals surface area contributed by atoms with E-state index in [1.165, 1.54) is 11.8 Å². The molecule has 0 aromatic carbocycles. The van der Waals surface area contributed by atoms with Crippen LogP contribution in [0.1, 0.15) is 44.9 Å². The van der Waals surface area contributed by atoms with Crippen LogP contribution in [0.5, 0.6) is 0 Å². The number of amides is 4. The van der Waals surface area contributed by atoms with Crippen molar-refractivity contribution in [2.45, 2.75) is 69.1 Å². The zero-order valence-corrected chi connectivity index (χ0v) is 20.5. The Balaban J connectivity index is 5.59. The summed E-state index contributed by atoms with van der Waals surface area (Å²) in [5, 5.41) is 33.8. The molecule has 4 atom stereocenters. The van der Waals surface area contributed by atoms with E-state index in [-0.39, 0.29) is 25.7 Å². The molecule has 0 aliphatic heterocycles. The molecule has 0 saturated carbocycles. The van der Waals surface area contributed by atoms with Crippen molar-refractivity contribution < 1.29 is 48.9 Å². The van der Waals surface area contributed by atoms with Crippen molar-refractivity contribution in [3.63, 3.8) is 0 Å². The van der Waals surface area contributed by atoms with Gasteiger partial charge in [0.2, 0.25) is 23.6 Å². The molecular formula is C20H33N5O10S. The van der Waals surface area contributed by atoms with Gasteiger partial charge in [0.15, 0.2) is 0 Å². The van der Waals surface area contributed by atoms with Gasteiger partial charge in [-0.15, -0.1) is 0 Å². The number of carbonyl (C=O) groups excluding carboxylic acids is 4. The van der Waals surface area contributed by atoms with Crippen LogP contribution >= 0.6 is 11.8 Å². The number of hydrogen-bond donors (Lipinski definition) is 8. The molecule has 204 valence electrons. The number of aliphatic carboxylic acids is 3. The molecule has 16 heteroatoms. The maximum Gasteiger partial charge on any atom is 0.326 e. The number of nitrogens with two attached hydrogens (primary N) is 2. The lowest BCUT2D eigenvalue weighted by Gasteiger charge is -2.25. The Bertz CT molecular complexity index is 825. The van der Waals surface area contributed by atoms with Gasteiger partial charge in [0.05, 0.1) is 6.04 Å². The molecule has 0 aliphatic carbocycles. The van der Waals surface area contributed by atoms with Crippen LogP contribution in [0.2, 0.25) is 0 Å². The number of thioether (sulfide) groups is 1.